The number of nitrogens with one attached hydrogen (secondary N) is 1. The molecular weight excluding hydrogens is 266 g/mol. The number of hydrogen-bond acceptors (Lipinski definition) is 2. The smallest absolute Gasteiger partial charge is 0.0465 e. The summed E-state index contributed by atoms with van der Waals surface area (Å²) >= 11 is 3.59. The molecule has 1 aromatic carbocycles. The summed E-state index contributed by atoms with van der Waals surface area (Å²) < 4.78 is 6.35. The van der Waals surface area contributed by atoms with E-state index in [1.807, 2.05) is 7.05 Å². The highest BCUT2D eigenvalue weighted by Gasteiger charge is 2.10. The molecule has 0 aliphatic heterocycles. The summed E-state index contributed by atoms with van der Waals surface area (Å²) in [6.07, 6.45) is 2.18. The van der Waals surface area contributed by atoms with Gasteiger partial charge in [0, 0.05) is 18.2 Å². The summed E-state index contributed by atoms with van der Waals surface area (Å²) in [7, 11) is 3.76. The lowest BCUT2D eigenvalue weighted by Crippen LogP contribution is -2.22. The van der Waals surface area contributed by atoms with Crippen molar-refractivity contribution >= 4 is 15.9 Å². The van der Waals surface area contributed by atoms with Crippen LogP contribution >= 0.6 is 15.9 Å². The fraction of sp³-hybridized carbons (Fsp3) is 0.538. The summed E-state index contributed by atoms with van der Waals surface area (Å²) in [5.41, 5.74) is 1.37. The van der Waals surface area contributed by atoms with Crippen molar-refractivity contribution < 1.29 is 4.74 Å². The van der Waals surface area contributed by atoms with Crippen LogP contribution in [0.2, 0.25) is 0 Å². The van der Waals surface area contributed by atoms with Crippen LogP contribution in [0.15, 0.2) is 28.7 Å². The molecule has 1 unspecified atom stereocenters. The van der Waals surface area contributed by atoms with Gasteiger partial charge in [-0.25, -0.2) is 0 Å². The van der Waals surface area contributed by atoms with E-state index >= 15 is 0 Å². The van der Waals surface area contributed by atoms with E-state index in [9.17, 15) is 0 Å². The van der Waals surface area contributed by atoms with Crippen molar-refractivity contribution in [3.05, 3.63) is 34.3 Å². The van der Waals surface area contributed by atoms with Gasteiger partial charge in [-0.15, -0.1) is 0 Å². The molecule has 0 spiro atoms. The second-order valence-corrected chi connectivity index (χ2v) is 4.86. The van der Waals surface area contributed by atoms with Gasteiger partial charge in [0.25, 0.3) is 0 Å². The molecule has 0 bridgehead atoms. The molecule has 0 amide bonds. The molecule has 0 radical (unpaired) electrons. The first-order chi connectivity index (χ1) is 7.77. The zero-order chi connectivity index (χ0) is 11.8. The van der Waals surface area contributed by atoms with Crippen LogP contribution < -0.4 is 5.32 Å². The van der Waals surface area contributed by atoms with Crippen molar-refractivity contribution in [1.29, 1.82) is 0 Å². The molecule has 0 aromatic heterocycles. The van der Waals surface area contributed by atoms with Gasteiger partial charge in [0.1, 0.15) is 0 Å². The topological polar surface area (TPSA) is 21.3 Å². The second-order valence-electron chi connectivity index (χ2n) is 4.00. The lowest BCUT2D eigenvalue weighted by atomic mass is 9.96. The van der Waals surface area contributed by atoms with Crippen molar-refractivity contribution in [2.24, 2.45) is 5.92 Å². The van der Waals surface area contributed by atoms with E-state index in [1.165, 1.54) is 10.0 Å². The predicted octanol–water partition coefficient (Wildman–Crippen LogP) is 2.86. The van der Waals surface area contributed by atoms with Crippen LogP contribution in [0.4, 0.5) is 0 Å². The van der Waals surface area contributed by atoms with E-state index < -0.39 is 0 Å². The largest absolute Gasteiger partial charge is 0.385 e. The lowest BCUT2D eigenvalue weighted by Gasteiger charge is -2.16. The van der Waals surface area contributed by atoms with E-state index in [4.69, 9.17) is 4.74 Å². The summed E-state index contributed by atoms with van der Waals surface area (Å²) in [4.78, 5) is 0. The average Bonchev–Trinajstić information content (AvgIpc) is 2.29. The molecule has 0 saturated carbocycles. The SMILES string of the molecule is CNCC(CCOC)Cc1ccccc1Br. The molecule has 1 rings (SSSR count). The first kappa shape index (κ1) is 13.7. The van der Waals surface area contributed by atoms with Crippen LogP contribution in [0.1, 0.15) is 12.0 Å². The third-order valence-electron chi connectivity index (χ3n) is 2.69. The Morgan fingerprint density at radius 2 is 2.12 bits per heavy atom. The molecule has 3 heteroatoms. The van der Waals surface area contributed by atoms with Crippen molar-refractivity contribution in [3.63, 3.8) is 0 Å². The standard InChI is InChI=1S/C13H20BrNO/c1-15-10-11(7-8-16-2)9-12-5-3-4-6-13(12)14/h3-6,11,15H,7-10H2,1-2H3. The van der Waals surface area contributed by atoms with Gasteiger partial charge in [-0.05, 0) is 44.0 Å². The van der Waals surface area contributed by atoms with Crippen LogP contribution in [0, 0.1) is 5.92 Å². The van der Waals surface area contributed by atoms with E-state index in [1.54, 1.807) is 7.11 Å². The number of hydrogen-bond donors (Lipinski definition) is 1. The molecule has 1 N–H and O–H groups in total. The van der Waals surface area contributed by atoms with Crippen molar-refractivity contribution in [1.82, 2.24) is 5.32 Å². The number of methoxy groups -OCH3 is 1. The molecular formula is C13H20BrNO. The fourth-order valence-corrected chi connectivity index (χ4v) is 2.27. The predicted molar refractivity (Wildman–Crippen MR) is 71.8 cm³/mol. The van der Waals surface area contributed by atoms with Crippen molar-refractivity contribution in [2.75, 3.05) is 27.3 Å². The van der Waals surface area contributed by atoms with Gasteiger partial charge < -0.3 is 10.1 Å². The Labute approximate surface area is 107 Å². The molecule has 1 aromatic rings. The zero-order valence-electron chi connectivity index (χ0n) is 10.0. The van der Waals surface area contributed by atoms with Gasteiger partial charge in [0.2, 0.25) is 0 Å². The quantitative estimate of drug-likeness (QED) is 0.832. The molecule has 90 valence electrons. The maximum atomic E-state index is 5.15. The highest BCUT2D eigenvalue weighted by atomic mass is 79.9. The average molecular weight is 286 g/mol. The van der Waals surface area contributed by atoms with Crippen LogP contribution in [0.3, 0.4) is 0 Å². The van der Waals surface area contributed by atoms with Gasteiger partial charge in [0.05, 0.1) is 0 Å². The van der Waals surface area contributed by atoms with Crippen molar-refractivity contribution in [2.45, 2.75) is 12.8 Å². The highest BCUT2D eigenvalue weighted by molar-refractivity contribution is 9.10. The normalized spacial score (nSPS) is 12.7. The second kappa shape index (κ2) is 7.82. The van der Waals surface area contributed by atoms with E-state index in [0.29, 0.717) is 5.92 Å². The first-order valence-electron chi connectivity index (χ1n) is 5.65. The van der Waals surface area contributed by atoms with E-state index in [-0.39, 0.29) is 0 Å². The number of halogens is 1. The van der Waals surface area contributed by atoms with Crippen LogP contribution in [0.5, 0.6) is 0 Å². The molecule has 0 fully saturated rings. The van der Waals surface area contributed by atoms with Gasteiger partial charge in [-0.2, -0.15) is 0 Å². The number of rotatable bonds is 7. The van der Waals surface area contributed by atoms with Crippen LogP contribution in [0.25, 0.3) is 0 Å². The maximum absolute atomic E-state index is 5.15. The van der Waals surface area contributed by atoms with Gasteiger partial charge in [0.15, 0.2) is 0 Å². The van der Waals surface area contributed by atoms with E-state index in [2.05, 4.69) is 45.5 Å². The summed E-state index contributed by atoms with van der Waals surface area (Å²) in [5, 5.41) is 3.25. The Morgan fingerprint density at radius 3 is 2.75 bits per heavy atom. The Morgan fingerprint density at radius 1 is 1.38 bits per heavy atom. The Hall–Kier alpha value is -0.380. The Bertz CT molecular complexity index is 304. The molecule has 0 aliphatic rings. The minimum atomic E-state index is 0.628. The number of benzene rings is 1. The minimum absolute atomic E-state index is 0.628. The van der Waals surface area contributed by atoms with Crippen LogP contribution in [-0.4, -0.2) is 27.3 Å². The van der Waals surface area contributed by atoms with E-state index in [0.717, 1.165) is 26.0 Å². The highest BCUT2D eigenvalue weighted by Crippen LogP contribution is 2.20. The van der Waals surface area contributed by atoms with Crippen LogP contribution in [-0.2, 0) is 11.2 Å². The molecule has 1 atom stereocenters. The molecule has 0 heterocycles. The summed E-state index contributed by atoms with van der Waals surface area (Å²) in [6.45, 7) is 1.86. The third-order valence-corrected chi connectivity index (χ3v) is 3.46. The summed E-state index contributed by atoms with van der Waals surface area (Å²) in [6, 6.07) is 8.42. The molecule has 16 heavy (non-hydrogen) atoms. The molecule has 0 aliphatic carbocycles. The summed E-state index contributed by atoms with van der Waals surface area (Å²) in [5.74, 6) is 0.628. The maximum Gasteiger partial charge on any atom is 0.0465 e. The Balaban J connectivity index is 2.56. The monoisotopic (exact) mass is 285 g/mol. The number of ether oxygens (including phenoxy) is 1. The van der Waals surface area contributed by atoms with Gasteiger partial charge in [-0.3, -0.25) is 0 Å². The van der Waals surface area contributed by atoms with Crippen molar-refractivity contribution in [3.8, 4) is 0 Å². The van der Waals surface area contributed by atoms with Gasteiger partial charge >= 0.3 is 0 Å². The Kier molecular flexibility index (Phi) is 6.69. The molecule has 2 nitrogen and oxygen atoms in total. The fourth-order valence-electron chi connectivity index (χ4n) is 1.82. The zero-order valence-corrected chi connectivity index (χ0v) is 11.6. The lowest BCUT2D eigenvalue weighted by molar-refractivity contribution is 0.176. The first-order valence-corrected chi connectivity index (χ1v) is 6.44. The third kappa shape index (κ3) is 4.64. The van der Waals surface area contributed by atoms with Gasteiger partial charge in [-0.1, -0.05) is 34.1 Å². The molecule has 0 saturated heterocycles. The minimum Gasteiger partial charge on any atom is -0.385 e.